The molecule has 0 fully saturated rings. The maximum Gasteiger partial charge on any atom is 0.145 e. The topological polar surface area (TPSA) is 34.1 Å². The lowest BCUT2D eigenvalue weighted by Crippen LogP contribution is -2.18. The maximum absolute atomic E-state index is 5.95. The summed E-state index contributed by atoms with van der Waals surface area (Å²) in [6, 6.07) is 9.20. The van der Waals surface area contributed by atoms with Crippen molar-refractivity contribution in [3.05, 3.63) is 52.3 Å². The predicted octanol–water partition coefficient (Wildman–Crippen LogP) is 4.85. The van der Waals surface area contributed by atoms with Crippen LogP contribution in [0.5, 0.6) is 11.5 Å². The van der Waals surface area contributed by atoms with Crippen molar-refractivity contribution in [2.24, 2.45) is 0 Å². The summed E-state index contributed by atoms with van der Waals surface area (Å²) in [7, 11) is 0. The molecule has 3 nitrogen and oxygen atoms in total. The Morgan fingerprint density at radius 1 is 1.15 bits per heavy atom. The zero-order valence-electron chi connectivity index (χ0n) is 11.4. The molecule has 106 valence electrons. The number of nitrogens with zero attached hydrogens (tertiary/aromatic N) is 1. The van der Waals surface area contributed by atoms with E-state index >= 15 is 0 Å². The van der Waals surface area contributed by atoms with Gasteiger partial charge in [-0.2, -0.15) is 0 Å². The third-order valence-electron chi connectivity index (χ3n) is 2.84. The molecule has 2 aromatic rings. The highest BCUT2D eigenvalue weighted by Crippen LogP contribution is 2.29. The lowest BCUT2D eigenvalue weighted by atomic mass is 10.2. The second-order valence-electron chi connectivity index (χ2n) is 4.38. The molecule has 0 aliphatic carbocycles. The highest BCUT2D eigenvalue weighted by atomic mass is 35.5. The van der Waals surface area contributed by atoms with E-state index in [0.717, 1.165) is 12.2 Å². The van der Waals surface area contributed by atoms with Crippen LogP contribution in [0.25, 0.3) is 0 Å². The van der Waals surface area contributed by atoms with E-state index < -0.39 is 0 Å². The van der Waals surface area contributed by atoms with E-state index in [2.05, 4.69) is 24.1 Å². The number of hydrogen-bond acceptors (Lipinski definition) is 3. The van der Waals surface area contributed by atoms with Crippen LogP contribution < -0.4 is 10.1 Å². The van der Waals surface area contributed by atoms with Gasteiger partial charge in [-0.15, -0.1) is 0 Å². The average molecular weight is 311 g/mol. The average Bonchev–Trinajstić information content (AvgIpc) is 2.44. The number of pyridine rings is 1. The van der Waals surface area contributed by atoms with Gasteiger partial charge in [-0.1, -0.05) is 30.1 Å². The Kier molecular flexibility index (Phi) is 5.24. The van der Waals surface area contributed by atoms with Gasteiger partial charge in [-0.05, 0) is 37.7 Å². The van der Waals surface area contributed by atoms with Crippen LogP contribution in [-0.2, 0) is 0 Å². The smallest absolute Gasteiger partial charge is 0.145 e. The molecule has 2 rings (SSSR count). The molecule has 0 aliphatic heterocycles. The Labute approximate surface area is 128 Å². The summed E-state index contributed by atoms with van der Waals surface area (Å²) in [5.41, 5.74) is 0.980. The van der Waals surface area contributed by atoms with Crippen molar-refractivity contribution in [2.45, 2.75) is 19.9 Å². The standard InChI is InChI=1S/C15H16Cl2N2O/c1-3-18-10(2)15-7-5-12(9-19-15)20-11-4-6-13(16)14(17)8-11/h4-10,18H,3H2,1-2H3. The van der Waals surface area contributed by atoms with Crippen molar-refractivity contribution in [2.75, 3.05) is 6.54 Å². The number of ether oxygens (including phenoxy) is 1. The van der Waals surface area contributed by atoms with Crippen LogP contribution in [-0.4, -0.2) is 11.5 Å². The van der Waals surface area contributed by atoms with Gasteiger partial charge in [-0.3, -0.25) is 4.98 Å². The van der Waals surface area contributed by atoms with Crippen molar-refractivity contribution in [1.29, 1.82) is 0 Å². The van der Waals surface area contributed by atoms with Gasteiger partial charge in [0, 0.05) is 12.1 Å². The number of hydrogen-bond donors (Lipinski definition) is 1. The van der Waals surface area contributed by atoms with Crippen LogP contribution >= 0.6 is 23.2 Å². The van der Waals surface area contributed by atoms with Gasteiger partial charge in [0.2, 0.25) is 0 Å². The normalized spacial score (nSPS) is 12.2. The first-order valence-corrected chi connectivity index (χ1v) is 7.18. The van der Waals surface area contributed by atoms with Gasteiger partial charge in [-0.25, -0.2) is 0 Å². The van der Waals surface area contributed by atoms with E-state index in [0.29, 0.717) is 21.5 Å². The van der Waals surface area contributed by atoms with Crippen molar-refractivity contribution in [3.63, 3.8) is 0 Å². The van der Waals surface area contributed by atoms with Gasteiger partial charge in [0.05, 0.1) is 21.9 Å². The summed E-state index contributed by atoms with van der Waals surface area (Å²) >= 11 is 11.8. The minimum absolute atomic E-state index is 0.221. The summed E-state index contributed by atoms with van der Waals surface area (Å²) in [5, 5.41) is 4.28. The van der Waals surface area contributed by atoms with E-state index in [1.165, 1.54) is 0 Å². The molecule has 0 radical (unpaired) electrons. The molecule has 5 heteroatoms. The number of benzene rings is 1. The highest BCUT2D eigenvalue weighted by Gasteiger charge is 2.06. The van der Waals surface area contributed by atoms with Gasteiger partial charge in [0.15, 0.2) is 0 Å². The molecular formula is C15H16Cl2N2O. The van der Waals surface area contributed by atoms with Gasteiger partial charge < -0.3 is 10.1 Å². The number of halogens is 2. The minimum atomic E-state index is 0.221. The molecule has 0 saturated carbocycles. The molecule has 0 aliphatic rings. The van der Waals surface area contributed by atoms with Crippen LogP contribution in [0, 0.1) is 0 Å². The molecule has 1 N–H and O–H groups in total. The van der Waals surface area contributed by atoms with Crippen LogP contribution in [0.15, 0.2) is 36.5 Å². The molecule has 0 saturated heterocycles. The van der Waals surface area contributed by atoms with Crippen LogP contribution in [0.1, 0.15) is 25.6 Å². The maximum atomic E-state index is 5.95. The molecule has 1 unspecified atom stereocenters. The monoisotopic (exact) mass is 310 g/mol. The third-order valence-corrected chi connectivity index (χ3v) is 3.58. The SMILES string of the molecule is CCNC(C)c1ccc(Oc2ccc(Cl)c(Cl)c2)cn1. The van der Waals surface area contributed by atoms with E-state index in [-0.39, 0.29) is 6.04 Å². The van der Waals surface area contributed by atoms with Crippen molar-refractivity contribution < 1.29 is 4.74 Å². The fourth-order valence-corrected chi connectivity index (χ4v) is 2.08. The van der Waals surface area contributed by atoms with E-state index in [9.17, 15) is 0 Å². The molecule has 0 amide bonds. The Morgan fingerprint density at radius 3 is 2.50 bits per heavy atom. The summed E-state index contributed by atoms with van der Waals surface area (Å²) < 4.78 is 5.68. The lowest BCUT2D eigenvalue weighted by molar-refractivity contribution is 0.478. The molecular weight excluding hydrogens is 295 g/mol. The van der Waals surface area contributed by atoms with Crippen LogP contribution in [0.3, 0.4) is 0 Å². The molecule has 0 spiro atoms. The summed E-state index contributed by atoms with van der Waals surface area (Å²) in [4.78, 5) is 4.39. The van der Waals surface area contributed by atoms with Gasteiger partial charge >= 0.3 is 0 Å². The predicted molar refractivity (Wildman–Crippen MR) is 82.9 cm³/mol. The summed E-state index contributed by atoms with van der Waals surface area (Å²) in [6.45, 7) is 5.05. The molecule has 1 atom stereocenters. The number of rotatable bonds is 5. The fraction of sp³-hybridized carbons (Fsp3) is 0.267. The van der Waals surface area contributed by atoms with Crippen molar-refractivity contribution >= 4 is 23.2 Å². The fourth-order valence-electron chi connectivity index (χ4n) is 1.80. The first-order valence-electron chi connectivity index (χ1n) is 6.42. The summed E-state index contributed by atoms with van der Waals surface area (Å²) in [6.07, 6.45) is 1.70. The van der Waals surface area contributed by atoms with E-state index in [4.69, 9.17) is 27.9 Å². The van der Waals surface area contributed by atoms with Gasteiger partial charge in [0.25, 0.3) is 0 Å². The first-order chi connectivity index (χ1) is 9.60. The molecule has 1 heterocycles. The second kappa shape index (κ2) is 6.93. The quantitative estimate of drug-likeness (QED) is 0.857. The molecule has 1 aromatic heterocycles. The van der Waals surface area contributed by atoms with E-state index in [1.807, 2.05) is 12.1 Å². The van der Waals surface area contributed by atoms with Crippen LogP contribution in [0.2, 0.25) is 10.0 Å². The Hall–Kier alpha value is -1.29. The zero-order chi connectivity index (χ0) is 14.5. The zero-order valence-corrected chi connectivity index (χ0v) is 12.9. The van der Waals surface area contributed by atoms with E-state index in [1.54, 1.807) is 24.4 Å². The number of nitrogens with one attached hydrogen (secondary N) is 1. The molecule has 20 heavy (non-hydrogen) atoms. The Balaban J connectivity index is 2.08. The van der Waals surface area contributed by atoms with Gasteiger partial charge in [0.1, 0.15) is 11.5 Å². The largest absolute Gasteiger partial charge is 0.456 e. The third kappa shape index (κ3) is 3.85. The highest BCUT2D eigenvalue weighted by molar-refractivity contribution is 6.42. The number of aromatic nitrogens is 1. The van der Waals surface area contributed by atoms with Crippen molar-refractivity contribution in [1.82, 2.24) is 10.3 Å². The summed E-state index contributed by atoms with van der Waals surface area (Å²) in [5.74, 6) is 1.30. The molecule has 1 aromatic carbocycles. The van der Waals surface area contributed by atoms with Crippen molar-refractivity contribution in [3.8, 4) is 11.5 Å². The molecule has 0 bridgehead atoms. The Morgan fingerprint density at radius 2 is 1.90 bits per heavy atom. The minimum Gasteiger partial charge on any atom is -0.456 e. The Bertz CT molecular complexity index is 573. The second-order valence-corrected chi connectivity index (χ2v) is 5.19. The van der Waals surface area contributed by atoms with Crippen LogP contribution in [0.4, 0.5) is 0 Å². The first kappa shape index (κ1) is 15.1. The lowest BCUT2D eigenvalue weighted by Gasteiger charge is -2.12.